The second-order valence-electron chi connectivity index (χ2n) is 23.8. The van der Waals surface area contributed by atoms with Crippen LogP contribution in [0.4, 0.5) is 0 Å². The van der Waals surface area contributed by atoms with Gasteiger partial charge < -0.3 is 14.2 Å². The van der Waals surface area contributed by atoms with Crippen molar-refractivity contribution in [2.24, 2.45) is 0 Å². The molecule has 0 aromatic heterocycles. The Bertz CT molecular complexity index is 1550. The molecule has 0 rings (SSSR count). The van der Waals surface area contributed by atoms with Crippen molar-refractivity contribution < 1.29 is 28.6 Å². The molecule has 0 aliphatic heterocycles. The van der Waals surface area contributed by atoms with Gasteiger partial charge in [-0.1, -0.05) is 331 Å². The molecule has 0 spiro atoms. The summed E-state index contributed by atoms with van der Waals surface area (Å²) in [5.41, 5.74) is 0. The average molecular weight is 1140 g/mol. The summed E-state index contributed by atoms with van der Waals surface area (Å²) >= 11 is 0. The maximum atomic E-state index is 12.9. The van der Waals surface area contributed by atoms with E-state index in [0.717, 1.165) is 96.3 Å². The minimum absolute atomic E-state index is 0.0729. The predicted octanol–water partition coefficient (Wildman–Crippen LogP) is 24.6. The van der Waals surface area contributed by atoms with Crippen LogP contribution in [0.2, 0.25) is 0 Å². The van der Waals surface area contributed by atoms with Gasteiger partial charge in [0, 0.05) is 19.3 Å². The van der Waals surface area contributed by atoms with Gasteiger partial charge in [-0.15, -0.1) is 0 Å². The molecule has 82 heavy (non-hydrogen) atoms. The Morgan fingerprint density at radius 3 is 0.744 bits per heavy atom. The number of carbonyl (C=O) groups is 3. The Kier molecular flexibility index (Phi) is 67.2. The third-order valence-electron chi connectivity index (χ3n) is 15.6. The lowest BCUT2D eigenvalue weighted by Crippen LogP contribution is -2.30. The first-order valence-corrected chi connectivity index (χ1v) is 35.6. The fourth-order valence-electron chi connectivity index (χ4n) is 10.3. The van der Waals surface area contributed by atoms with E-state index < -0.39 is 6.10 Å². The molecule has 0 aliphatic carbocycles. The van der Waals surface area contributed by atoms with E-state index in [1.54, 1.807) is 0 Å². The zero-order chi connectivity index (χ0) is 59.2. The van der Waals surface area contributed by atoms with Crippen LogP contribution in [0, 0.1) is 0 Å². The third kappa shape index (κ3) is 67.4. The Morgan fingerprint density at radius 1 is 0.256 bits per heavy atom. The molecule has 0 heterocycles. The molecule has 0 amide bonds. The molecule has 0 radical (unpaired) electrons. The van der Waals surface area contributed by atoms with Crippen LogP contribution in [-0.4, -0.2) is 37.2 Å². The van der Waals surface area contributed by atoms with Crippen molar-refractivity contribution in [3.63, 3.8) is 0 Å². The summed E-state index contributed by atoms with van der Waals surface area (Å²) in [6.45, 7) is 6.53. The van der Waals surface area contributed by atoms with Crippen LogP contribution in [0.3, 0.4) is 0 Å². The zero-order valence-electron chi connectivity index (χ0n) is 54.5. The third-order valence-corrected chi connectivity index (χ3v) is 15.6. The van der Waals surface area contributed by atoms with Crippen molar-refractivity contribution in [1.29, 1.82) is 0 Å². The van der Waals surface area contributed by atoms with E-state index in [1.807, 2.05) is 0 Å². The van der Waals surface area contributed by atoms with E-state index in [4.69, 9.17) is 14.2 Å². The lowest BCUT2D eigenvalue weighted by molar-refractivity contribution is -0.167. The summed E-state index contributed by atoms with van der Waals surface area (Å²) in [6.07, 6.45) is 93.5. The van der Waals surface area contributed by atoms with Gasteiger partial charge in [-0.05, 0) is 96.3 Å². The highest BCUT2D eigenvalue weighted by Gasteiger charge is 2.19. The predicted molar refractivity (Wildman–Crippen MR) is 358 cm³/mol. The summed E-state index contributed by atoms with van der Waals surface area (Å²) in [4.78, 5) is 38.3. The standard InChI is InChI=1S/C76H134O6/c1-4-7-10-13-16-19-21-23-25-27-29-31-33-35-36-37-38-39-40-42-43-45-47-49-51-53-55-57-60-63-66-69-75(78)81-72-73(71-80-74(77)68-65-62-59-18-15-12-9-6-3)82-76(79)70-67-64-61-58-56-54-52-50-48-46-44-41-34-32-30-28-26-24-22-20-17-14-11-8-5-2/h8,11,17,20-21,23-24,26-27,29-30,32-33,35,73H,4-7,9-10,12-16,18-19,22,25,28,31,34,36-72H2,1-3H3/b11-8-,20-17-,23-21-,26-24-,29-27-,32-30-,35-33-. The smallest absolute Gasteiger partial charge is 0.306 e. The SMILES string of the molecule is CC/C=C\C/C=C\C/C=C\C/C=C\CCCCCCCCCCCCCCC(=O)OC(COC(=O)CCCCCCCCCC)COC(=O)CCCCCCCCCCCCCCCCCC/C=C\C/C=C\C/C=C\CCCCCCC. The van der Waals surface area contributed by atoms with Gasteiger partial charge in [0.1, 0.15) is 13.2 Å². The molecule has 0 aromatic rings. The van der Waals surface area contributed by atoms with E-state index in [0.29, 0.717) is 19.3 Å². The maximum Gasteiger partial charge on any atom is 0.306 e. The summed E-state index contributed by atoms with van der Waals surface area (Å²) in [6, 6.07) is 0. The molecule has 474 valence electrons. The van der Waals surface area contributed by atoms with Crippen LogP contribution in [-0.2, 0) is 28.6 Å². The molecule has 1 atom stereocenters. The molecule has 0 N–H and O–H groups in total. The fourth-order valence-corrected chi connectivity index (χ4v) is 10.3. The maximum absolute atomic E-state index is 12.9. The van der Waals surface area contributed by atoms with Crippen molar-refractivity contribution >= 4 is 17.9 Å². The van der Waals surface area contributed by atoms with Crippen LogP contribution in [0.5, 0.6) is 0 Å². The van der Waals surface area contributed by atoms with Crippen molar-refractivity contribution in [3.8, 4) is 0 Å². The number of hydrogen-bond donors (Lipinski definition) is 0. The summed E-state index contributed by atoms with van der Waals surface area (Å²) in [5.74, 6) is -0.862. The van der Waals surface area contributed by atoms with Crippen LogP contribution in [0.25, 0.3) is 0 Å². The summed E-state index contributed by atoms with van der Waals surface area (Å²) in [5, 5.41) is 0. The van der Waals surface area contributed by atoms with Gasteiger partial charge in [0.2, 0.25) is 0 Å². The van der Waals surface area contributed by atoms with E-state index in [-0.39, 0.29) is 31.1 Å². The largest absolute Gasteiger partial charge is 0.462 e. The molecule has 6 nitrogen and oxygen atoms in total. The molecule has 0 saturated carbocycles. The average Bonchev–Trinajstić information content (AvgIpc) is 3.48. The van der Waals surface area contributed by atoms with Crippen LogP contribution >= 0.6 is 0 Å². The van der Waals surface area contributed by atoms with Gasteiger partial charge in [0.25, 0.3) is 0 Å². The van der Waals surface area contributed by atoms with Crippen LogP contribution in [0.1, 0.15) is 361 Å². The minimum atomic E-state index is -0.775. The first kappa shape index (κ1) is 78.6. The molecule has 0 saturated heterocycles. The molecule has 0 bridgehead atoms. The quantitative estimate of drug-likeness (QED) is 0.0261. The number of unbranched alkanes of at least 4 members (excludes halogenated alkanes) is 40. The molecule has 0 fully saturated rings. The molecule has 6 heteroatoms. The number of allylic oxidation sites excluding steroid dienone is 14. The molecule has 0 aromatic carbocycles. The summed E-state index contributed by atoms with van der Waals surface area (Å²) < 4.78 is 16.9. The molecule has 0 aliphatic rings. The van der Waals surface area contributed by atoms with Crippen LogP contribution in [0.15, 0.2) is 85.1 Å². The highest BCUT2D eigenvalue weighted by molar-refractivity contribution is 5.71. The normalized spacial score (nSPS) is 12.6. The molecular weight excluding hydrogens is 1010 g/mol. The van der Waals surface area contributed by atoms with E-state index in [2.05, 4.69) is 106 Å². The van der Waals surface area contributed by atoms with Crippen LogP contribution < -0.4 is 0 Å². The number of hydrogen-bond acceptors (Lipinski definition) is 6. The Balaban J connectivity index is 4.08. The minimum Gasteiger partial charge on any atom is -0.462 e. The van der Waals surface area contributed by atoms with Gasteiger partial charge in [-0.2, -0.15) is 0 Å². The monoisotopic (exact) mass is 1140 g/mol. The number of carbonyl (C=O) groups excluding carboxylic acids is 3. The Morgan fingerprint density at radius 2 is 0.476 bits per heavy atom. The first-order chi connectivity index (χ1) is 40.5. The van der Waals surface area contributed by atoms with Crippen molar-refractivity contribution in [2.75, 3.05) is 13.2 Å². The van der Waals surface area contributed by atoms with Crippen molar-refractivity contribution in [1.82, 2.24) is 0 Å². The van der Waals surface area contributed by atoms with Gasteiger partial charge in [-0.25, -0.2) is 0 Å². The number of ether oxygens (including phenoxy) is 3. The topological polar surface area (TPSA) is 78.9 Å². The second-order valence-corrected chi connectivity index (χ2v) is 23.8. The van der Waals surface area contributed by atoms with E-state index >= 15 is 0 Å². The van der Waals surface area contributed by atoms with E-state index in [9.17, 15) is 14.4 Å². The Labute approximate surface area is 509 Å². The second kappa shape index (κ2) is 70.1. The van der Waals surface area contributed by atoms with Gasteiger partial charge in [0.05, 0.1) is 0 Å². The van der Waals surface area contributed by atoms with Gasteiger partial charge >= 0.3 is 17.9 Å². The zero-order valence-corrected chi connectivity index (χ0v) is 54.5. The highest BCUT2D eigenvalue weighted by Crippen LogP contribution is 2.18. The lowest BCUT2D eigenvalue weighted by atomic mass is 10.0. The first-order valence-electron chi connectivity index (χ1n) is 35.6. The fraction of sp³-hybridized carbons (Fsp3) is 0.776. The molecule has 1 unspecified atom stereocenters. The highest BCUT2D eigenvalue weighted by atomic mass is 16.6. The Hall–Kier alpha value is -3.41. The summed E-state index contributed by atoms with van der Waals surface area (Å²) in [7, 11) is 0. The van der Waals surface area contributed by atoms with Crippen molar-refractivity contribution in [2.45, 2.75) is 367 Å². The lowest BCUT2D eigenvalue weighted by Gasteiger charge is -2.18. The molecular formula is C76H134O6. The van der Waals surface area contributed by atoms with Crippen molar-refractivity contribution in [3.05, 3.63) is 85.1 Å². The van der Waals surface area contributed by atoms with Gasteiger partial charge in [-0.3, -0.25) is 14.4 Å². The van der Waals surface area contributed by atoms with Gasteiger partial charge in [0.15, 0.2) is 6.10 Å². The number of rotatable bonds is 65. The van der Waals surface area contributed by atoms with E-state index in [1.165, 1.54) is 225 Å². The number of esters is 3.